The molecular formula is C14H21NO2. The van der Waals surface area contributed by atoms with Crippen molar-refractivity contribution in [2.45, 2.75) is 40.2 Å². The van der Waals surface area contributed by atoms with E-state index in [1.54, 1.807) is 0 Å². The van der Waals surface area contributed by atoms with Crippen molar-refractivity contribution in [1.29, 1.82) is 0 Å². The van der Waals surface area contributed by atoms with Crippen molar-refractivity contribution in [2.24, 2.45) is 0 Å². The number of carbonyl (C=O) groups is 1. The van der Waals surface area contributed by atoms with Gasteiger partial charge in [0.05, 0.1) is 0 Å². The average molecular weight is 235 g/mol. The number of aryl methyl sites for hydroxylation is 1. The van der Waals surface area contributed by atoms with E-state index < -0.39 is 6.10 Å². The summed E-state index contributed by atoms with van der Waals surface area (Å²) in [4.78, 5) is 11.7. The van der Waals surface area contributed by atoms with Crippen molar-refractivity contribution >= 4 is 5.91 Å². The fourth-order valence-corrected chi connectivity index (χ4v) is 1.62. The van der Waals surface area contributed by atoms with Crippen LogP contribution in [-0.4, -0.2) is 18.6 Å². The van der Waals surface area contributed by atoms with Crippen LogP contribution in [0.2, 0.25) is 0 Å². The molecule has 0 bridgehead atoms. The molecule has 1 rings (SSSR count). The molecule has 0 aliphatic rings. The fraction of sp³-hybridized carbons (Fsp3) is 0.500. The van der Waals surface area contributed by atoms with Gasteiger partial charge in [-0.05, 0) is 44.4 Å². The zero-order chi connectivity index (χ0) is 12.8. The van der Waals surface area contributed by atoms with Gasteiger partial charge in [0.1, 0.15) is 5.75 Å². The van der Waals surface area contributed by atoms with Gasteiger partial charge in [-0.2, -0.15) is 0 Å². The molecule has 0 saturated heterocycles. The van der Waals surface area contributed by atoms with E-state index in [2.05, 4.69) is 5.32 Å². The Kier molecular flexibility index (Phi) is 5.01. The summed E-state index contributed by atoms with van der Waals surface area (Å²) in [6.45, 7) is 8.53. The van der Waals surface area contributed by atoms with Gasteiger partial charge >= 0.3 is 0 Å². The quantitative estimate of drug-likeness (QED) is 0.852. The van der Waals surface area contributed by atoms with Crippen molar-refractivity contribution in [2.75, 3.05) is 6.54 Å². The first kappa shape index (κ1) is 13.6. The van der Waals surface area contributed by atoms with Crippen LogP contribution < -0.4 is 10.1 Å². The Morgan fingerprint density at radius 3 is 2.65 bits per heavy atom. The molecule has 0 aromatic heterocycles. The molecule has 3 heteroatoms. The van der Waals surface area contributed by atoms with Crippen LogP contribution in [0, 0.1) is 13.8 Å². The normalized spacial score (nSPS) is 12.0. The molecule has 0 spiro atoms. The summed E-state index contributed by atoms with van der Waals surface area (Å²) >= 11 is 0. The lowest BCUT2D eigenvalue weighted by atomic mass is 10.1. The highest BCUT2D eigenvalue weighted by atomic mass is 16.5. The van der Waals surface area contributed by atoms with E-state index in [9.17, 15) is 4.79 Å². The number of amides is 1. The second-order valence-corrected chi connectivity index (χ2v) is 4.11. The highest BCUT2D eigenvalue weighted by Crippen LogP contribution is 2.22. The van der Waals surface area contributed by atoms with Gasteiger partial charge in [0, 0.05) is 6.54 Å². The third-order valence-corrected chi connectivity index (χ3v) is 2.84. The Morgan fingerprint density at radius 1 is 1.35 bits per heavy atom. The van der Waals surface area contributed by atoms with Crippen LogP contribution in [0.1, 0.15) is 31.4 Å². The minimum atomic E-state index is -0.407. The van der Waals surface area contributed by atoms with Gasteiger partial charge in [-0.3, -0.25) is 4.79 Å². The number of nitrogens with one attached hydrogen (secondary N) is 1. The molecule has 0 heterocycles. The molecule has 1 aromatic rings. The number of hydrogen-bond acceptors (Lipinski definition) is 2. The van der Waals surface area contributed by atoms with Crippen molar-refractivity contribution in [3.63, 3.8) is 0 Å². The van der Waals surface area contributed by atoms with E-state index in [1.165, 1.54) is 5.56 Å². The lowest BCUT2D eigenvalue weighted by Crippen LogP contribution is -2.37. The molecule has 0 saturated carbocycles. The first-order valence-electron chi connectivity index (χ1n) is 6.10. The second-order valence-electron chi connectivity index (χ2n) is 4.11. The van der Waals surface area contributed by atoms with Crippen LogP contribution in [0.25, 0.3) is 0 Å². The van der Waals surface area contributed by atoms with Crippen LogP contribution in [-0.2, 0) is 4.79 Å². The molecule has 1 N–H and O–H groups in total. The van der Waals surface area contributed by atoms with Crippen molar-refractivity contribution in [3.8, 4) is 5.75 Å². The summed E-state index contributed by atoms with van der Waals surface area (Å²) in [7, 11) is 0. The molecular weight excluding hydrogens is 214 g/mol. The number of hydrogen-bond donors (Lipinski definition) is 1. The van der Waals surface area contributed by atoms with Gasteiger partial charge in [-0.15, -0.1) is 0 Å². The highest BCUT2D eigenvalue weighted by Gasteiger charge is 2.18. The van der Waals surface area contributed by atoms with Crippen LogP contribution in [0.4, 0.5) is 0 Å². The van der Waals surface area contributed by atoms with Crippen LogP contribution in [0.3, 0.4) is 0 Å². The summed E-state index contributed by atoms with van der Waals surface area (Å²) in [5, 5.41) is 2.79. The van der Waals surface area contributed by atoms with E-state index in [0.717, 1.165) is 11.3 Å². The number of carbonyl (C=O) groups excluding carboxylic acids is 1. The third-order valence-electron chi connectivity index (χ3n) is 2.84. The molecule has 3 nitrogen and oxygen atoms in total. The molecule has 0 radical (unpaired) electrons. The Hall–Kier alpha value is -1.51. The summed E-state index contributed by atoms with van der Waals surface area (Å²) in [6.07, 6.45) is 0.259. The average Bonchev–Trinajstić information content (AvgIpc) is 2.31. The van der Waals surface area contributed by atoms with Crippen molar-refractivity contribution < 1.29 is 9.53 Å². The fourth-order valence-electron chi connectivity index (χ4n) is 1.62. The molecule has 1 atom stereocenters. The first-order valence-corrected chi connectivity index (χ1v) is 6.10. The zero-order valence-electron chi connectivity index (χ0n) is 11.0. The van der Waals surface area contributed by atoms with Crippen LogP contribution in [0.5, 0.6) is 5.75 Å². The second kappa shape index (κ2) is 6.28. The molecule has 94 valence electrons. The van der Waals surface area contributed by atoms with Crippen molar-refractivity contribution in [3.05, 3.63) is 29.3 Å². The van der Waals surface area contributed by atoms with Gasteiger partial charge < -0.3 is 10.1 Å². The molecule has 0 fully saturated rings. The Morgan fingerprint density at radius 2 is 2.06 bits per heavy atom. The summed E-state index contributed by atoms with van der Waals surface area (Å²) in [6, 6.07) is 5.89. The summed E-state index contributed by atoms with van der Waals surface area (Å²) in [5.41, 5.74) is 2.27. The van der Waals surface area contributed by atoms with Crippen LogP contribution in [0.15, 0.2) is 18.2 Å². The zero-order valence-corrected chi connectivity index (χ0v) is 11.0. The molecule has 1 amide bonds. The van der Waals surface area contributed by atoms with E-state index in [1.807, 2.05) is 45.9 Å². The lowest BCUT2D eigenvalue weighted by Gasteiger charge is -2.18. The summed E-state index contributed by atoms with van der Waals surface area (Å²) < 4.78 is 5.78. The summed E-state index contributed by atoms with van der Waals surface area (Å²) in [5.74, 6) is 0.749. The van der Waals surface area contributed by atoms with E-state index in [4.69, 9.17) is 4.74 Å². The maximum absolute atomic E-state index is 11.7. The SMILES string of the molecule is CCNC(=O)C(CC)Oc1cccc(C)c1C. The minimum Gasteiger partial charge on any atom is -0.480 e. The Balaban J connectivity index is 2.80. The number of ether oxygens (including phenoxy) is 1. The smallest absolute Gasteiger partial charge is 0.261 e. The maximum Gasteiger partial charge on any atom is 0.261 e. The highest BCUT2D eigenvalue weighted by molar-refractivity contribution is 5.81. The largest absolute Gasteiger partial charge is 0.480 e. The van der Waals surface area contributed by atoms with Gasteiger partial charge in [0.15, 0.2) is 6.10 Å². The third kappa shape index (κ3) is 3.48. The van der Waals surface area contributed by atoms with Gasteiger partial charge in [-0.25, -0.2) is 0 Å². The minimum absolute atomic E-state index is 0.0455. The standard InChI is InChI=1S/C14H21NO2/c1-5-12(14(16)15-6-2)17-13-9-7-8-10(3)11(13)4/h7-9,12H,5-6H2,1-4H3,(H,15,16). The number of likely N-dealkylation sites (N-methyl/N-ethyl adjacent to an activating group) is 1. The monoisotopic (exact) mass is 235 g/mol. The Labute approximate surface area is 103 Å². The van der Waals surface area contributed by atoms with Gasteiger partial charge in [-0.1, -0.05) is 19.1 Å². The van der Waals surface area contributed by atoms with Gasteiger partial charge in [0.25, 0.3) is 5.91 Å². The maximum atomic E-state index is 11.7. The molecule has 17 heavy (non-hydrogen) atoms. The number of benzene rings is 1. The topological polar surface area (TPSA) is 38.3 Å². The van der Waals surface area contributed by atoms with E-state index >= 15 is 0 Å². The molecule has 1 aromatic carbocycles. The lowest BCUT2D eigenvalue weighted by molar-refractivity contribution is -0.128. The molecule has 0 aliphatic heterocycles. The molecule has 1 unspecified atom stereocenters. The number of rotatable bonds is 5. The predicted molar refractivity (Wildman–Crippen MR) is 69.3 cm³/mol. The predicted octanol–water partition coefficient (Wildman–Crippen LogP) is 2.60. The molecule has 0 aliphatic carbocycles. The van der Waals surface area contributed by atoms with E-state index in [-0.39, 0.29) is 5.91 Å². The first-order chi connectivity index (χ1) is 8.10. The Bertz CT molecular complexity index is 388. The van der Waals surface area contributed by atoms with Crippen molar-refractivity contribution in [1.82, 2.24) is 5.32 Å². The van der Waals surface area contributed by atoms with Gasteiger partial charge in [0.2, 0.25) is 0 Å². The van der Waals surface area contributed by atoms with E-state index in [0.29, 0.717) is 13.0 Å². The van der Waals surface area contributed by atoms with Crippen LogP contribution >= 0.6 is 0 Å².